The van der Waals surface area contributed by atoms with E-state index in [1.54, 1.807) is 11.0 Å². The van der Waals surface area contributed by atoms with E-state index in [1.807, 2.05) is 18.2 Å². The van der Waals surface area contributed by atoms with E-state index >= 15 is 0 Å². The van der Waals surface area contributed by atoms with Crippen LogP contribution in [0.4, 0.5) is 5.69 Å². The zero-order chi connectivity index (χ0) is 20.9. The number of nitrogens with one attached hydrogen (secondary N) is 1. The highest BCUT2D eigenvalue weighted by atomic mass is 35.5. The van der Waals surface area contributed by atoms with Crippen molar-refractivity contribution in [3.8, 4) is 0 Å². The Morgan fingerprint density at radius 3 is 2.41 bits per heavy atom. The molecule has 1 N–H and O–H groups in total. The highest BCUT2D eigenvalue weighted by Gasteiger charge is 2.22. The first-order valence-corrected chi connectivity index (χ1v) is 11.6. The molecule has 0 saturated carbocycles. The molecule has 1 saturated heterocycles. The fourth-order valence-corrected chi connectivity index (χ4v) is 4.01. The summed E-state index contributed by atoms with van der Waals surface area (Å²) in [6.45, 7) is 3.71. The van der Waals surface area contributed by atoms with Gasteiger partial charge in [-0.15, -0.1) is 0 Å². The third-order valence-corrected chi connectivity index (χ3v) is 5.55. The molecule has 0 aliphatic carbocycles. The lowest BCUT2D eigenvalue weighted by Gasteiger charge is -2.34. The maximum Gasteiger partial charge on any atom is 0.253 e. The Kier molecular flexibility index (Phi) is 6.95. The molecular weight excluding hydrogens is 410 g/mol. The fraction of sp³-hybridized carbons (Fsp3) is 0.286. The maximum atomic E-state index is 12.8. The highest BCUT2D eigenvalue weighted by molar-refractivity contribution is 7.92. The van der Waals surface area contributed by atoms with E-state index in [9.17, 15) is 13.2 Å². The topological polar surface area (TPSA) is 69.7 Å². The van der Waals surface area contributed by atoms with Crippen LogP contribution in [0.15, 0.2) is 54.6 Å². The van der Waals surface area contributed by atoms with Gasteiger partial charge >= 0.3 is 0 Å². The quantitative estimate of drug-likeness (QED) is 0.759. The van der Waals surface area contributed by atoms with E-state index < -0.39 is 10.0 Å². The zero-order valence-corrected chi connectivity index (χ0v) is 17.8. The number of carbonyl (C=O) groups is 1. The minimum atomic E-state index is -3.43. The Labute approximate surface area is 176 Å². The van der Waals surface area contributed by atoms with Gasteiger partial charge in [0.2, 0.25) is 10.0 Å². The lowest BCUT2D eigenvalue weighted by molar-refractivity contribution is 0.0650. The van der Waals surface area contributed by atoms with Gasteiger partial charge in [0.25, 0.3) is 5.91 Å². The minimum absolute atomic E-state index is 0.0997. The number of hydrogen-bond acceptors (Lipinski definition) is 4. The summed E-state index contributed by atoms with van der Waals surface area (Å²) >= 11 is 6.14. The predicted molar refractivity (Wildman–Crippen MR) is 118 cm³/mol. The van der Waals surface area contributed by atoms with E-state index in [4.69, 9.17) is 11.6 Å². The Hall–Kier alpha value is -2.35. The van der Waals surface area contributed by atoms with E-state index in [0.717, 1.165) is 25.9 Å². The molecule has 2 aromatic carbocycles. The summed E-state index contributed by atoms with van der Waals surface area (Å²) in [5.74, 6) is -0.0997. The third-order valence-electron chi connectivity index (χ3n) is 4.64. The van der Waals surface area contributed by atoms with Crippen LogP contribution in [0.3, 0.4) is 0 Å². The van der Waals surface area contributed by atoms with Gasteiger partial charge in [-0.3, -0.25) is 14.4 Å². The number of anilines is 1. The summed E-state index contributed by atoms with van der Waals surface area (Å²) in [6, 6.07) is 14.8. The summed E-state index contributed by atoms with van der Waals surface area (Å²) < 4.78 is 25.0. The number of sulfonamides is 1. The number of benzene rings is 2. The van der Waals surface area contributed by atoms with Crippen LogP contribution in [0, 0.1) is 0 Å². The van der Waals surface area contributed by atoms with Gasteiger partial charge in [-0.1, -0.05) is 54.1 Å². The molecule has 0 bridgehead atoms. The average molecular weight is 434 g/mol. The molecule has 0 atom stereocenters. The van der Waals surface area contributed by atoms with Crippen LogP contribution in [-0.2, 0) is 10.0 Å². The molecule has 6 nitrogen and oxygen atoms in total. The van der Waals surface area contributed by atoms with Crippen LogP contribution in [-0.4, -0.2) is 63.1 Å². The molecule has 1 aliphatic rings. The average Bonchev–Trinajstić information content (AvgIpc) is 2.69. The van der Waals surface area contributed by atoms with Gasteiger partial charge in [-0.05, 0) is 23.8 Å². The normalized spacial score (nSPS) is 15.6. The standard InChI is InChI=1S/C21H24ClN3O3S/c1-29(27,28)23-20-10-9-18(16-19(20)22)21(26)25-14-12-24(13-15-25)11-5-8-17-6-3-2-4-7-17/h2-10,16,23H,11-15H2,1H3/b8-5+. The second-order valence-electron chi connectivity index (χ2n) is 6.97. The molecule has 0 unspecified atom stereocenters. The highest BCUT2D eigenvalue weighted by Crippen LogP contribution is 2.24. The summed E-state index contributed by atoms with van der Waals surface area (Å²) in [5.41, 5.74) is 1.89. The largest absolute Gasteiger partial charge is 0.336 e. The molecule has 0 spiro atoms. The van der Waals surface area contributed by atoms with Crippen LogP contribution in [0.2, 0.25) is 5.02 Å². The summed E-state index contributed by atoms with van der Waals surface area (Å²) in [4.78, 5) is 16.8. The molecule has 2 aromatic rings. The van der Waals surface area contributed by atoms with Crippen LogP contribution in [0.5, 0.6) is 0 Å². The van der Waals surface area contributed by atoms with Gasteiger partial charge in [-0.25, -0.2) is 8.42 Å². The van der Waals surface area contributed by atoms with Crippen molar-refractivity contribution in [2.24, 2.45) is 0 Å². The van der Waals surface area contributed by atoms with Crippen molar-refractivity contribution in [3.63, 3.8) is 0 Å². The van der Waals surface area contributed by atoms with E-state index in [0.29, 0.717) is 18.7 Å². The molecule has 1 amide bonds. The first kappa shape index (κ1) is 21.4. The molecule has 3 rings (SSSR count). The molecule has 29 heavy (non-hydrogen) atoms. The maximum absolute atomic E-state index is 12.8. The summed E-state index contributed by atoms with van der Waals surface area (Å²) in [7, 11) is -3.43. The molecule has 8 heteroatoms. The third kappa shape index (κ3) is 6.32. The van der Waals surface area contributed by atoms with Gasteiger partial charge in [0.1, 0.15) is 0 Å². The Bertz CT molecular complexity index is 985. The van der Waals surface area contributed by atoms with Crippen molar-refractivity contribution in [2.45, 2.75) is 0 Å². The predicted octanol–water partition coefficient (Wildman–Crippen LogP) is 3.18. The van der Waals surface area contributed by atoms with Gasteiger partial charge in [-0.2, -0.15) is 0 Å². The van der Waals surface area contributed by atoms with Crippen molar-refractivity contribution in [3.05, 3.63) is 70.8 Å². The first-order valence-electron chi connectivity index (χ1n) is 9.32. The lowest BCUT2D eigenvalue weighted by Crippen LogP contribution is -2.48. The summed E-state index contributed by atoms with van der Waals surface area (Å²) in [6.07, 6.45) is 5.29. The number of nitrogens with zero attached hydrogens (tertiary/aromatic N) is 2. The van der Waals surface area contributed by atoms with Crippen molar-refractivity contribution >= 4 is 39.3 Å². The molecule has 0 radical (unpaired) electrons. The lowest BCUT2D eigenvalue weighted by atomic mass is 10.1. The molecule has 1 fully saturated rings. The second kappa shape index (κ2) is 9.43. The van der Waals surface area contributed by atoms with Gasteiger partial charge in [0.05, 0.1) is 17.0 Å². The Balaban J connectivity index is 1.53. The van der Waals surface area contributed by atoms with Crippen LogP contribution < -0.4 is 4.72 Å². The smallest absolute Gasteiger partial charge is 0.253 e. The minimum Gasteiger partial charge on any atom is -0.336 e. The van der Waals surface area contributed by atoms with Crippen LogP contribution in [0.25, 0.3) is 6.08 Å². The van der Waals surface area contributed by atoms with E-state index in [1.165, 1.54) is 17.7 Å². The number of piperazine rings is 1. The van der Waals surface area contributed by atoms with Crippen LogP contribution in [0.1, 0.15) is 15.9 Å². The molecular formula is C21H24ClN3O3S. The molecule has 1 aliphatic heterocycles. The Morgan fingerprint density at radius 2 is 1.79 bits per heavy atom. The van der Waals surface area contributed by atoms with Crippen molar-refractivity contribution < 1.29 is 13.2 Å². The van der Waals surface area contributed by atoms with E-state index in [2.05, 4.69) is 33.9 Å². The number of rotatable bonds is 6. The fourth-order valence-electron chi connectivity index (χ4n) is 3.15. The number of hydrogen-bond donors (Lipinski definition) is 1. The number of amides is 1. The molecule has 0 aromatic heterocycles. The zero-order valence-electron chi connectivity index (χ0n) is 16.2. The molecule has 154 valence electrons. The first-order chi connectivity index (χ1) is 13.8. The van der Waals surface area contributed by atoms with E-state index in [-0.39, 0.29) is 16.6 Å². The summed E-state index contributed by atoms with van der Waals surface area (Å²) in [5, 5.41) is 0.200. The number of halogens is 1. The molecule has 1 heterocycles. The van der Waals surface area contributed by atoms with Gasteiger partial charge in [0.15, 0.2) is 0 Å². The Morgan fingerprint density at radius 1 is 1.10 bits per heavy atom. The van der Waals surface area contributed by atoms with Crippen molar-refractivity contribution in [2.75, 3.05) is 43.7 Å². The van der Waals surface area contributed by atoms with Gasteiger partial charge < -0.3 is 4.90 Å². The number of carbonyl (C=O) groups excluding carboxylic acids is 1. The SMILES string of the molecule is CS(=O)(=O)Nc1ccc(C(=O)N2CCN(C/C=C/c3ccccc3)CC2)cc1Cl. The monoisotopic (exact) mass is 433 g/mol. The van der Waals surface area contributed by atoms with Crippen molar-refractivity contribution in [1.82, 2.24) is 9.80 Å². The van der Waals surface area contributed by atoms with Gasteiger partial charge in [0, 0.05) is 38.3 Å². The van der Waals surface area contributed by atoms with Crippen LogP contribution >= 0.6 is 11.6 Å². The van der Waals surface area contributed by atoms with Crippen molar-refractivity contribution in [1.29, 1.82) is 0 Å². The second-order valence-corrected chi connectivity index (χ2v) is 9.13.